The fourth-order valence-electron chi connectivity index (χ4n) is 4.21. The highest BCUT2D eigenvalue weighted by molar-refractivity contribution is 7.94. The normalized spacial score (nSPS) is 11.9. The Morgan fingerprint density at radius 1 is 0.776 bits per heavy atom. The van der Waals surface area contributed by atoms with Gasteiger partial charge in [-0.05, 0) is 41.8 Å². The van der Waals surface area contributed by atoms with Gasteiger partial charge in [0.25, 0.3) is 20.2 Å². The number of phenols is 1. The quantitative estimate of drug-likeness (QED) is 0.0207. The van der Waals surface area contributed by atoms with Crippen molar-refractivity contribution in [3.8, 4) is 11.5 Å². The molecule has 6 N–H and O–H groups in total. The molecule has 0 amide bonds. The molecule has 20 heteroatoms. The second-order valence-corrected chi connectivity index (χ2v) is 14.3. The molecular formula is C29H29N3O13S4. The highest BCUT2D eigenvalue weighted by Crippen LogP contribution is 2.43. The zero-order valence-electron chi connectivity index (χ0n) is 25.7. The third-order valence-electron chi connectivity index (χ3n) is 6.14. The van der Waals surface area contributed by atoms with Crippen LogP contribution in [0.5, 0.6) is 11.5 Å². The molecule has 0 bridgehead atoms. The molecule has 0 saturated carbocycles. The first kappa shape index (κ1) is 39.1. The zero-order chi connectivity index (χ0) is 36.6. The van der Waals surface area contributed by atoms with E-state index in [1.54, 1.807) is 42.5 Å². The standard InChI is InChI=1S/C16H12O6S2.C11H11N3O7S2.C2H6/c17-23(18,19)14-10-12-6-4-5-9-15(12)16(11-14)22-24(20,21)13-7-2-1-3-8-13;1-13-14-7-4-9(23(17,18)19)6-2-5(22-21-20-16)3-8(15)10(6)11(7)12;1-2/h1-11H,(H,17,18,19);2-4,15-16H,12H2,1H3,(H,17,18,19);1-2H3. The van der Waals surface area contributed by atoms with Crippen molar-refractivity contribution in [2.45, 2.75) is 33.4 Å². The minimum Gasteiger partial charge on any atom is -0.507 e. The number of rotatable bonds is 9. The summed E-state index contributed by atoms with van der Waals surface area (Å²) < 4.78 is 98.8. The minimum atomic E-state index is -4.64. The van der Waals surface area contributed by atoms with E-state index >= 15 is 0 Å². The van der Waals surface area contributed by atoms with Crippen LogP contribution in [0.15, 0.2) is 115 Å². The second-order valence-electron chi connectivity index (χ2n) is 9.14. The molecule has 0 heterocycles. The van der Waals surface area contributed by atoms with E-state index in [1.165, 1.54) is 37.4 Å². The Morgan fingerprint density at radius 2 is 1.41 bits per heavy atom. The van der Waals surface area contributed by atoms with Gasteiger partial charge in [-0.15, -0.1) is 4.33 Å². The molecule has 0 aliphatic heterocycles. The van der Waals surface area contributed by atoms with Gasteiger partial charge in [-0.25, -0.2) is 5.26 Å². The van der Waals surface area contributed by atoms with E-state index in [9.17, 15) is 39.5 Å². The molecule has 0 atom stereocenters. The molecular weight excluding hydrogens is 727 g/mol. The summed E-state index contributed by atoms with van der Waals surface area (Å²) in [4.78, 5) is -0.851. The van der Waals surface area contributed by atoms with E-state index < -0.39 is 40.1 Å². The largest absolute Gasteiger partial charge is 0.507 e. The van der Waals surface area contributed by atoms with Crippen molar-refractivity contribution < 1.29 is 58.3 Å². The fourth-order valence-corrected chi connectivity index (χ4v) is 6.84. The van der Waals surface area contributed by atoms with E-state index in [0.29, 0.717) is 22.8 Å². The molecule has 16 nitrogen and oxygen atoms in total. The number of benzene rings is 5. The van der Waals surface area contributed by atoms with Crippen molar-refractivity contribution in [2.24, 2.45) is 10.2 Å². The number of nitrogens with two attached hydrogens (primary N) is 1. The van der Waals surface area contributed by atoms with Crippen molar-refractivity contribution in [3.05, 3.63) is 84.9 Å². The predicted octanol–water partition coefficient (Wildman–Crippen LogP) is 6.40. The maximum absolute atomic E-state index is 12.4. The maximum Gasteiger partial charge on any atom is 0.339 e. The second kappa shape index (κ2) is 16.3. The van der Waals surface area contributed by atoms with Crippen molar-refractivity contribution in [2.75, 3.05) is 12.8 Å². The van der Waals surface area contributed by atoms with E-state index in [2.05, 4.69) is 19.6 Å². The number of aromatic hydroxyl groups is 1. The molecule has 49 heavy (non-hydrogen) atoms. The SMILES string of the molecule is CC.CN=Nc1cc(S(=O)(=O)O)c2cc(SOOO)cc(O)c2c1N.O=S(=O)(O)c1cc(OS(=O)(=O)c2ccccc2)c2ccccc2c1. The van der Waals surface area contributed by atoms with Crippen LogP contribution in [0.25, 0.3) is 21.5 Å². The molecule has 0 aromatic heterocycles. The summed E-state index contributed by atoms with van der Waals surface area (Å²) >= 11 is 0.498. The third-order valence-corrected chi connectivity index (χ3v) is 9.67. The lowest BCUT2D eigenvalue weighted by Crippen LogP contribution is -2.10. The lowest BCUT2D eigenvalue weighted by atomic mass is 10.1. The number of anilines is 1. The summed E-state index contributed by atoms with van der Waals surface area (Å²) in [5.41, 5.74) is 5.82. The smallest absolute Gasteiger partial charge is 0.339 e. The van der Waals surface area contributed by atoms with E-state index in [4.69, 9.17) is 15.2 Å². The van der Waals surface area contributed by atoms with Crippen LogP contribution >= 0.6 is 12.0 Å². The lowest BCUT2D eigenvalue weighted by molar-refractivity contribution is -0.432. The molecule has 262 valence electrons. The molecule has 0 saturated heterocycles. The number of hydrogen-bond acceptors (Lipinski definition) is 15. The van der Waals surface area contributed by atoms with Crippen molar-refractivity contribution in [1.29, 1.82) is 0 Å². The average molecular weight is 756 g/mol. The maximum atomic E-state index is 12.4. The Morgan fingerprint density at radius 3 is 2.00 bits per heavy atom. The van der Waals surface area contributed by atoms with Crippen LogP contribution < -0.4 is 9.92 Å². The van der Waals surface area contributed by atoms with Gasteiger partial charge in [0.1, 0.15) is 21.2 Å². The summed E-state index contributed by atoms with van der Waals surface area (Å²) in [6, 6.07) is 19.7. The summed E-state index contributed by atoms with van der Waals surface area (Å²) in [5, 5.41) is 29.6. The van der Waals surface area contributed by atoms with Gasteiger partial charge >= 0.3 is 10.1 Å². The predicted molar refractivity (Wildman–Crippen MR) is 180 cm³/mol. The van der Waals surface area contributed by atoms with Crippen LogP contribution in [0.4, 0.5) is 11.4 Å². The number of phenolic OH excluding ortho intramolecular Hbond substituents is 1. The summed E-state index contributed by atoms with van der Waals surface area (Å²) in [6.45, 7) is 4.00. The van der Waals surface area contributed by atoms with Crippen molar-refractivity contribution >= 4 is 75.3 Å². The molecule has 0 aliphatic carbocycles. The van der Waals surface area contributed by atoms with Gasteiger partial charge in [0, 0.05) is 28.8 Å². The highest BCUT2D eigenvalue weighted by Gasteiger charge is 2.23. The summed E-state index contributed by atoms with van der Waals surface area (Å²) in [7, 11) is -11.9. The number of nitrogens with zero attached hydrogens (tertiary/aromatic N) is 2. The number of fused-ring (bicyclic) bond motifs is 2. The van der Waals surface area contributed by atoms with Gasteiger partial charge in [-0.2, -0.15) is 35.5 Å². The van der Waals surface area contributed by atoms with Gasteiger partial charge in [-0.3, -0.25) is 9.11 Å². The zero-order valence-corrected chi connectivity index (χ0v) is 28.9. The first-order valence-corrected chi connectivity index (χ1v) is 18.6. The first-order valence-electron chi connectivity index (χ1n) is 13.6. The Labute approximate surface area is 285 Å². The van der Waals surface area contributed by atoms with E-state index in [0.717, 1.165) is 12.1 Å². The van der Waals surface area contributed by atoms with Crippen LogP contribution in [-0.4, -0.2) is 51.8 Å². The molecule has 5 aromatic rings. The molecule has 5 rings (SSSR count). The Kier molecular flexibility index (Phi) is 13.0. The number of hydrogen-bond donors (Lipinski definition) is 5. The Hall–Kier alpha value is -4.38. The molecule has 0 aliphatic rings. The Balaban J connectivity index is 0.000000253. The summed E-state index contributed by atoms with van der Waals surface area (Å²) in [6.07, 6.45) is 0. The van der Waals surface area contributed by atoms with E-state index in [-0.39, 0.29) is 43.4 Å². The number of azo groups is 1. The molecule has 5 aromatic carbocycles. The minimum absolute atomic E-state index is 0.0219. The highest BCUT2D eigenvalue weighted by atomic mass is 32.2. The number of nitrogen functional groups attached to an aromatic ring is 1. The van der Waals surface area contributed by atoms with Gasteiger partial charge in [0.15, 0.2) is 5.75 Å². The first-order chi connectivity index (χ1) is 23.1. The lowest BCUT2D eigenvalue weighted by Gasteiger charge is -2.12. The average Bonchev–Trinajstić information content (AvgIpc) is 3.05. The fraction of sp³-hybridized carbons (Fsp3) is 0.103. The van der Waals surface area contributed by atoms with Gasteiger partial charge in [-0.1, -0.05) is 61.4 Å². The molecule has 0 fully saturated rings. The van der Waals surface area contributed by atoms with Crippen molar-refractivity contribution in [3.63, 3.8) is 0 Å². The molecule has 0 unspecified atom stereocenters. The monoisotopic (exact) mass is 755 g/mol. The van der Waals surface area contributed by atoms with Crippen molar-refractivity contribution in [1.82, 2.24) is 0 Å². The molecule has 0 radical (unpaired) electrons. The van der Waals surface area contributed by atoms with Gasteiger partial charge < -0.3 is 15.0 Å². The summed E-state index contributed by atoms with van der Waals surface area (Å²) in [5.74, 6) is -0.563. The van der Waals surface area contributed by atoms with Crippen LogP contribution in [0.3, 0.4) is 0 Å². The van der Waals surface area contributed by atoms with Crippen LogP contribution in [0.1, 0.15) is 13.8 Å². The van der Waals surface area contributed by atoms with Crippen LogP contribution in [0.2, 0.25) is 0 Å². The van der Waals surface area contributed by atoms with Crippen LogP contribution in [-0.2, 0) is 39.7 Å². The topological polar surface area (TPSA) is 262 Å². The van der Waals surface area contributed by atoms with Crippen LogP contribution in [0, 0.1) is 0 Å². The van der Waals surface area contributed by atoms with E-state index in [1.807, 2.05) is 13.8 Å². The third kappa shape index (κ3) is 9.62. The Bertz CT molecular complexity index is 2320. The molecule has 0 spiro atoms. The van der Waals surface area contributed by atoms with Gasteiger partial charge in [0.05, 0.1) is 28.0 Å². The van der Waals surface area contributed by atoms with Gasteiger partial charge in [0.2, 0.25) is 0 Å².